The predicted octanol–water partition coefficient (Wildman–Crippen LogP) is 12.3. The second-order valence-electron chi connectivity index (χ2n) is 12.5. The van der Waals surface area contributed by atoms with Crippen LogP contribution < -0.4 is 0 Å². The van der Waals surface area contributed by atoms with Gasteiger partial charge in [-0.15, -0.1) is 0 Å². The minimum absolute atomic E-state index is 0.184. The van der Waals surface area contributed by atoms with Gasteiger partial charge in [-0.1, -0.05) is 78.9 Å². The first kappa shape index (κ1) is 21.2. The standard InChI is InChI=1S/C42H19F/c43-24-11-14-27-32(19-24)30-12-9-20-16-23-18-34-41-29-8-4-2-6-26(29)25-5-1-3-7-28(25)39(41)31-13-10-21-15-22-17-33(27)40(30)35(20)37(22)38(23)36(21)42(31)34/h1-19H. The molecule has 12 aromatic carbocycles. The zero-order valence-corrected chi connectivity index (χ0v) is 22.8. The Kier molecular flexibility index (Phi) is 3.33. The molecule has 0 aliphatic heterocycles. The van der Waals surface area contributed by atoms with Crippen molar-refractivity contribution >= 4 is 118 Å². The molecule has 0 saturated heterocycles. The monoisotopic (exact) mass is 542 g/mol. The van der Waals surface area contributed by atoms with Crippen molar-refractivity contribution in [3.8, 4) is 0 Å². The topological polar surface area (TPSA) is 0 Å². The second kappa shape index (κ2) is 6.75. The lowest BCUT2D eigenvalue weighted by molar-refractivity contribution is 0.630. The van der Waals surface area contributed by atoms with E-state index in [2.05, 4.69) is 97.1 Å². The summed E-state index contributed by atoms with van der Waals surface area (Å²) in [5.41, 5.74) is 0. The van der Waals surface area contributed by atoms with Gasteiger partial charge in [0.25, 0.3) is 0 Å². The van der Waals surface area contributed by atoms with Crippen molar-refractivity contribution < 1.29 is 4.39 Å². The maximum Gasteiger partial charge on any atom is 0.123 e. The summed E-state index contributed by atoms with van der Waals surface area (Å²) in [4.78, 5) is 0. The summed E-state index contributed by atoms with van der Waals surface area (Å²) in [6, 6.07) is 41.8. The van der Waals surface area contributed by atoms with Crippen LogP contribution in [-0.4, -0.2) is 0 Å². The van der Waals surface area contributed by atoms with Gasteiger partial charge in [-0.25, -0.2) is 4.39 Å². The molecule has 1 heteroatoms. The van der Waals surface area contributed by atoms with Crippen LogP contribution in [0.15, 0.2) is 115 Å². The van der Waals surface area contributed by atoms with Crippen molar-refractivity contribution in [1.29, 1.82) is 0 Å². The van der Waals surface area contributed by atoms with E-state index in [4.69, 9.17) is 0 Å². The van der Waals surface area contributed by atoms with Gasteiger partial charge in [-0.3, -0.25) is 0 Å². The minimum atomic E-state index is -0.184. The molecule has 0 aromatic heterocycles. The van der Waals surface area contributed by atoms with Crippen molar-refractivity contribution in [2.75, 3.05) is 0 Å². The molecule has 12 rings (SSSR count). The molecule has 0 amide bonds. The number of rotatable bonds is 0. The third-order valence-corrected chi connectivity index (χ3v) is 10.6. The van der Waals surface area contributed by atoms with Crippen LogP contribution in [0.3, 0.4) is 0 Å². The van der Waals surface area contributed by atoms with Crippen molar-refractivity contribution in [2.24, 2.45) is 0 Å². The van der Waals surface area contributed by atoms with Crippen LogP contribution in [0.25, 0.3) is 118 Å². The molecule has 0 nitrogen and oxygen atoms in total. The van der Waals surface area contributed by atoms with E-state index in [1.165, 1.54) is 102 Å². The van der Waals surface area contributed by atoms with Gasteiger partial charge in [0.2, 0.25) is 0 Å². The summed E-state index contributed by atoms with van der Waals surface area (Å²) >= 11 is 0. The number of halogens is 1. The van der Waals surface area contributed by atoms with Crippen molar-refractivity contribution in [3.63, 3.8) is 0 Å². The van der Waals surface area contributed by atoms with Crippen LogP contribution in [0, 0.1) is 5.82 Å². The molecule has 0 heterocycles. The van der Waals surface area contributed by atoms with E-state index >= 15 is 0 Å². The lowest BCUT2D eigenvalue weighted by atomic mass is 9.85. The van der Waals surface area contributed by atoms with E-state index in [0.29, 0.717) is 0 Å². The van der Waals surface area contributed by atoms with Gasteiger partial charge in [0, 0.05) is 0 Å². The highest BCUT2D eigenvalue weighted by Crippen LogP contribution is 2.53. The van der Waals surface area contributed by atoms with Crippen LogP contribution in [-0.2, 0) is 0 Å². The lowest BCUT2D eigenvalue weighted by Gasteiger charge is -2.18. The first-order chi connectivity index (χ1) is 21.2. The molecular weight excluding hydrogens is 523 g/mol. The Morgan fingerprint density at radius 1 is 0.256 bits per heavy atom. The molecule has 0 aliphatic carbocycles. The number of fused-ring (bicyclic) bond motifs is 11. The van der Waals surface area contributed by atoms with Crippen molar-refractivity contribution in [3.05, 3.63) is 121 Å². The largest absolute Gasteiger partial charge is 0.207 e. The maximum absolute atomic E-state index is 14.5. The average molecular weight is 543 g/mol. The van der Waals surface area contributed by atoms with Gasteiger partial charge in [0.1, 0.15) is 5.82 Å². The SMILES string of the molecule is Fc1ccc2c(c1)c1ccc3cc4cc5c6c7ccccc7c7ccccc7c6c6ccc7cc8cc2c1c3c8c4c7c65. The summed E-state index contributed by atoms with van der Waals surface area (Å²) < 4.78 is 14.5. The molecule has 12 aromatic rings. The first-order valence-electron chi connectivity index (χ1n) is 15.0. The van der Waals surface area contributed by atoms with Gasteiger partial charge >= 0.3 is 0 Å². The number of hydrogen-bond acceptors (Lipinski definition) is 0. The predicted molar refractivity (Wildman–Crippen MR) is 184 cm³/mol. The summed E-state index contributed by atoms with van der Waals surface area (Å²) in [6.45, 7) is 0. The van der Waals surface area contributed by atoms with Gasteiger partial charge in [-0.05, 0) is 155 Å². The normalized spacial score (nSPS) is 13.2. The van der Waals surface area contributed by atoms with Crippen molar-refractivity contribution in [2.45, 2.75) is 0 Å². The summed E-state index contributed by atoms with van der Waals surface area (Å²) in [5, 5.41) is 28.2. The number of benzene rings is 10. The molecule has 0 atom stereocenters. The molecule has 0 radical (unpaired) electrons. The molecule has 0 fully saturated rings. The quantitative estimate of drug-likeness (QED) is 0.132. The van der Waals surface area contributed by atoms with Gasteiger partial charge < -0.3 is 0 Å². The Hall–Kier alpha value is -5.53. The fraction of sp³-hybridized carbons (Fsp3) is 0. The Balaban J connectivity index is 1.41. The second-order valence-corrected chi connectivity index (χ2v) is 12.5. The van der Waals surface area contributed by atoms with E-state index in [1.54, 1.807) is 12.1 Å². The molecule has 0 spiro atoms. The molecule has 194 valence electrons. The molecule has 43 heavy (non-hydrogen) atoms. The third-order valence-electron chi connectivity index (χ3n) is 10.6. The van der Waals surface area contributed by atoms with Crippen LogP contribution >= 0.6 is 0 Å². The first-order valence-corrected chi connectivity index (χ1v) is 15.0. The summed E-state index contributed by atoms with van der Waals surface area (Å²) in [7, 11) is 0. The molecule has 0 saturated carbocycles. The molecule has 0 aliphatic rings. The van der Waals surface area contributed by atoms with Gasteiger partial charge in [-0.2, -0.15) is 0 Å². The van der Waals surface area contributed by atoms with E-state index in [1.807, 2.05) is 6.07 Å². The highest BCUT2D eigenvalue weighted by atomic mass is 19.1. The Morgan fingerprint density at radius 2 is 0.698 bits per heavy atom. The number of hydrogen-bond donors (Lipinski definition) is 0. The molecule has 0 bridgehead atoms. The Bertz CT molecular complexity index is 3160. The zero-order valence-electron chi connectivity index (χ0n) is 22.8. The lowest BCUT2D eigenvalue weighted by Crippen LogP contribution is -1.89. The fourth-order valence-electron chi connectivity index (χ4n) is 9.08. The Labute approximate surface area is 243 Å². The molecule has 0 N–H and O–H groups in total. The zero-order chi connectivity index (χ0) is 27.7. The van der Waals surface area contributed by atoms with E-state index in [-0.39, 0.29) is 5.82 Å². The van der Waals surface area contributed by atoms with E-state index < -0.39 is 0 Å². The summed E-state index contributed by atoms with van der Waals surface area (Å²) in [5.74, 6) is -0.184. The van der Waals surface area contributed by atoms with Crippen LogP contribution in [0.1, 0.15) is 0 Å². The van der Waals surface area contributed by atoms with Crippen LogP contribution in [0.2, 0.25) is 0 Å². The highest BCUT2D eigenvalue weighted by molar-refractivity contribution is 6.50. The third kappa shape index (κ3) is 2.23. The van der Waals surface area contributed by atoms with Crippen LogP contribution in [0.5, 0.6) is 0 Å². The van der Waals surface area contributed by atoms with Gasteiger partial charge in [0.05, 0.1) is 0 Å². The van der Waals surface area contributed by atoms with E-state index in [9.17, 15) is 4.39 Å². The summed E-state index contributed by atoms with van der Waals surface area (Å²) in [6.07, 6.45) is 0. The minimum Gasteiger partial charge on any atom is -0.207 e. The maximum atomic E-state index is 14.5. The fourth-order valence-corrected chi connectivity index (χ4v) is 9.08. The molecular formula is C42H19F. The van der Waals surface area contributed by atoms with Gasteiger partial charge in [0.15, 0.2) is 0 Å². The Morgan fingerprint density at radius 3 is 1.37 bits per heavy atom. The average Bonchev–Trinajstić information content (AvgIpc) is 3.55. The smallest absolute Gasteiger partial charge is 0.123 e. The molecule has 0 unspecified atom stereocenters. The highest BCUT2D eigenvalue weighted by Gasteiger charge is 2.25. The van der Waals surface area contributed by atoms with E-state index in [0.717, 1.165) is 16.2 Å². The van der Waals surface area contributed by atoms with Crippen LogP contribution in [0.4, 0.5) is 4.39 Å². The van der Waals surface area contributed by atoms with Crippen molar-refractivity contribution in [1.82, 2.24) is 0 Å².